The summed E-state index contributed by atoms with van der Waals surface area (Å²) in [5, 5.41) is 14.0. The number of H-pyrrole nitrogens is 1. The molecule has 0 saturated heterocycles. The predicted molar refractivity (Wildman–Crippen MR) is 71.3 cm³/mol. The lowest BCUT2D eigenvalue weighted by Crippen LogP contribution is -1.92. The highest BCUT2D eigenvalue weighted by atomic mass is 15.5. The first kappa shape index (κ1) is 11.5. The molecule has 2 heterocycles. The number of nitrogens with one attached hydrogen (secondary N) is 1. The van der Waals surface area contributed by atoms with E-state index in [1.54, 1.807) is 6.20 Å². The van der Waals surface area contributed by atoms with E-state index in [2.05, 4.69) is 43.8 Å². The SMILES string of the molecule is c1cncc(CCc2cccc(-c3nn[nH]n3)c2)c1. The number of hydrogen-bond acceptors (Lipinski definition) is 4. The molecular weight excluding hydrogens is 238 g/mol. The van der Waals surface area contributed by atoms with Gasteiger partial charge < -0.3 is 0 Å². The van der Waals surface area contributed by atoms with Crippen LogP contribution >= 0.6 is 0 Å². The average molecular weight is 251 g/mol. The van der Waals surface area contributed by atoms with Gasteiger partial charge in [-0.15, -0.1) is 10.2 Å². The molecule has 0 spiro atoms. The Morgan fingerprint density at radius 2 is 1.89 bits per heavy atom. The molecule has 19 heavy (non-hydrogen) atoms. The van der Waals surface area contributed by atoms with Crippen molar-refractivity contribution in [3.63, 3.8) is 0 Å². The minimum atomic E-state index is 0.628. The molecule has 0 aliphatic rings. The van der Waals surface area contributed by atoms with Gasteiger partial charge in [0.2, 0.25) is 5.82 Å². The van der Waals surface area contributed by atoms with Gasteiger partial charge in [0.25, 0.3) is 0 Å². The molecule has 3 aromatic rings. The third-order valence-corrected chi connectivity index (χ3v) is 2.96. The van der Waals surface area contributed by atoms with E-state index >= 15 is 0 Å². The van der Waals surface area contributed by atoms with Crippen molar-refractivity contribution in [2.24, 2.45) is 0 Å². The summed E-state index contributed by atoms with van der Waals surface area (Å²) in [5.74, 6) is 0.628. The molecule has 0 unspecified atom stereocenters. The molecule has 94 valence electrons. The number of aryl methyl sites for hydroxylation is 2. The molecule has 0 radical (unpaired) electrons. The third kappa shape index (κ3) is 2.82. The number of benzene rings is 1. The van der Waals surface area contributed by atoms with E-state index in [9.17, 15) is 0 Å². The maximum Gasteiger partial charge on any atom is 0.204 e. The van der Waals surface area contributed by atoms with Gasteiger partial charge in [-0.25, -0.2) is 0 Å². The van der Waals surface area contributed by atoms with Crippen molar-refractivity contribution in [3.8, 4) is 11.4 Å². The van der Waals surface area contributed by atoms with Crippen LogP contribution in [0.15, 0.2) is 48.8 Å². The van der Waals surface area contributed by atoms with Crippen LogP contribution < -0.4 is 0 Å². The highest BCUT2D eigenvalue weighted by molar-refractivity contribution is 5.54. The Morgan fingerprint density at radius 3 is 2.68 bits per heavy atom. The van der Waals surface area contributed by atoms with Gasteiger partial charge in [0, 0.05) is 18.0 Å². The van der Waals surface area contributed by atoms with Crippen LogP contribution in [0.2, 0.25) is 0 Å². The second-order valence-electron chi connectivity index (χ2n) is 4.30. The molecule has 0 bridgehead atoms. The largest absolute Gasteiger partial charge is 0.264 e. The standard InChI is InChI=1S/C14H13N5/c1-3-11(6-7-12-4-2-8-15-10-12)9-13(5-1)14-16-18-19-17-14/h1-5,8-10H,6-7H2,(H,16,17,18,19). The Balaban J connectivity index is 1.74. The van der Waals surface area contributed by atoms with Gasteiger partial charge in [-0.3, -0.25) is 4.98 Å². The summed E-state index contributed by atoms with van der Waals surface area (Å²) >= 11 is 0. The molecule has 1 aromatic carbocycles. The number of aromatic amines is 1. The molecule has 0 atom stereocenters. The summed E-state index contributed by atoms with van der Waals surface area (Å²) in [7, 11) is 0. The van der Waals surface area contributed by atoms with Crippen molar-refractivity contribution in [3.05, 3.63) is 59.9 Å². The topological polar surface area (TPSA) is 67.3 Å². The fourth-order valence-corrected chi connectivity index (χ4v) is 1.98. The van der Waals surface area contributed by atoms with Gasteiger partial charge in [-0.05, 0) is 41.3 Å². The molecule has 0 amide bonds. The van der Waals surface area contributed by atoms with Crippen LogP contribution in [0.3, 0.4) is 0 Å². The molecule has 3 rings (SSSR count). The fourth-order valence-electron chi connectivity index (χ4n) is 1.98. The first-order valence-corrected chi connectivity index (χ1v) is 6.13. The zero-order valence-electron chi connectivity index (χ0n) is 10.3. The highest BCUT2D eigenvalue weighted by Gasteiger charge is 2.03. The van der Waals surface area contributed by atoms with Crippen molar-refractivity contribution >= 4 is 0 Å². The maximum atomic E-state index is 4.12. The molecular formula is C14H13N5. The van der Waals surface area contributed by atoms with Crippen LogP contribution in [0.1, 0.15) is 11.1 Å². The normalized spacial score (nSPS) is 10.5. The van der Waals surface area contributed by atoms with Gasteiger partial charge in [0.1, 0.15) is 0 Å². The van der Waals surface area contributed by atoms with Gasteiger partial charge >= 0.3 is 0 Å². The average Bonchev–Trinajstić information content (AvgIpc) is 3.01. The first-order valence-electron chi connectivity index (χ1n) is 6.13. The van der Waals surface area contributed by atoms with Crippen LogP contribution in [0.4, 0.5) is 0 Å². The number of nitrogens with zero attached hydrogens (tertiary/aromatic N) is 4. The first-order chi connectivity index (χ1) is 9.42. The van der Waals surface area contributed by atoms with Crippen LogP contribution in [0, 0.1) is 0 Å². The molecule has 0 aliphatic carbocycles. The number of aromatic nitrogens is 5. The van der Waals surface area contributed by atoms with Crippen molar-refractivity contribution in [2.45, 2.75) is 12.8 Å². The molecule has 0 saturated carbocycles. The Bertz CT molecular complexity index is 634. The summed E-state index contributed by atoms with van der Waals surface area (Å²) in [5.41, 5.74) is 3.48. The summed E-state index contributed by atoms with van der Waals surface area (Å²) in [6, 6.07) is 12.3. The Labute approximate surface area is 110 Å². The predicted octanol–water partition coefficient (Wildman–Crippen LogP) is 2.05. The summed E-state index contributed by atoms with van der Waals surface area (Å²) in [6.07, 6.45) is 5.64. The summed E-state index contributed by atoms with van der Waals surface area (Å²) in [4.78, 5) is 4.12. The van der Waals surface area contributed by atoms with Gasteiger partial charge in [-0.2, -0.15) is 5.21 Å². The van der Waals surface area contributed by atoms with Gasteiger partial charge in [0.05, 0.1) is 0 Å². The minimum Gasteiger partial charge on any atom is -0.264 e. The van der Waals surface area contributed by atoms with Gasteiger partial charge in [0.15, 0.2) is 0 Å². The lowest BCUT2D eigenvalue weighted by molar-refractivity contribution is 0.881. The zero-order valence-corrected chi connectivity index (χ0v) is 10.3. The van der Waals surface area contributed by atoms with E-state index in [4.69, 9.17) is 0 Å². The Kier molecular flexibility index (Phi) is 3.27. The Hall–Kier alpha value is -2.56. The fraction of sp³-hybridized carbons (Fsp3) is 0.143. The Morgan fingerprint density at radius 1 is 1.00 bits per heavy atom. The van der Waals surface area contributed by atoms with Crippen molar-refractivity contribution in [1.29, 1.82) is 0 Å². The zero-order chi connectivity index (χ0) is 12.9. The van der Waals surface area contributed by atoms with Crippen molar-refractivity contribution in [1.82, 2.24) is 25.6 Å². The van der Waals surface area contributed by atoms with E-state index in [-0.39, 0.29) is 0 Å². The quantitative estimate of drug-likeness (QED) is 0.770. The molecule has 5 nitrogen and oxygen atoms in total. The second-order valence-corrected chi connectivity index (χ2v) is 4.30. The third-order valence-electron chi connectivity index (χ3n) is 2.96. The number of pyridine rings is 1. The van der Waals surface area contributed by atoms with Gasteiger partial charge in [-0.1, -0.05) is 24.3 Å². The molecule has 5 heteroatoms. The van der Waals surface area contributed by atoms with Crippen LogP contribution in [0.25, 0.3) is 11.4 Å². The second kappa shape index (κ2) is 5.39. The molecule has 0 aliphatic heterocycles. The van der Waals surface area contributed by atoms with Crippen LogP contribution in [0.5, 0.6) is 0 Å². The number of hydrogen-bond donors (Lipinski definition) is 1. The van der Waals surface area contributed by atoms with E-state index in [0.717, 1.165) is 18.4 Å². The molecule has 0 fully saturated rings. The minimum absolute atomic E-state index is 0.628. The van der Waals surface area contributed by atoms with Crippen LogP contribution in [-0.2, 0) is 12.8 Å². The number of tetrazole rings is 1. The number of rotatable bonds is 4. The summed E-state index contributed by atoms with van der Waals surface area (Å²) in [6.45, 7) is 0. The van der Waals surface area contributed by atoms with Crippen molar-refractivity contribution < 1.29 is 0 Å². The maximum absolute atomic E-state index is 4.12. The molecule has 2 aromatic heterocycles. The van der Waals surface area contributed by atoms with E-state index in [0.29, 0.717) is 5.82 Å². The monoisotopic (exact) mass is 251 g/mol. The van der Waals surface area contributed by atoms with E-state index in [1.807, 2.05) is 24.4 Å². The van der Waals surface area contributed by atoms with E-state index in [1.165, 1.54) is 11.1 Å². The lowest BCUT2D eigenvalue weighted by Gasteiger charge is -2.03. The van der Waals surface area contributed by atoms with E-state index < -0.39 is 0 Å². The lowest BCUT2D eigenvalue weighted by atomic mass is 10.0. The summed E-state index contributed by atoms with van der Waals surface area (Å²) < 4.78 is 0. The van der Waals surface area contributed by atoms with Crippen LogP contribution in [-0.4, -0.2) is 25.6 Å². The highest BCUT2D eigenvalue weighted by Crippen LogP contribution is 2.16. The smallest absolute Gasteiger partial charge is 0.204 e. The molecule has 1 N–H and O–H groups in total. The van der Waals surface area contributed by atoms with Crippen molar-refractivity contribution in [2.75, 3.05) is 0 Å².